The first kappa shape index (κ1) is 27.4. The van der Waals surface area contributed by atoms with Crippen molar-refractivity contribution in [3.8, 4) is 33.4 Å². The second-order valence-electron chi connectivity index (χ2n) is 10.8. The van der Waals surface area contributed by atoms with Gasteiger partial charge < -0.3 is 14.9 Å². The first-order chi connectivity index (χ1) is 21.7. The van der Waals surface area contributed by atoms with Crippen molar-refractivity contribution >= 4 is 40.4 Å². The average Bonchev–Trinajstić information content (AvgIpc) is 3.09. The van der Waals surface area contributed by atoms with Gasteiger partial charge in [-0.25, -0.2) is 0 Å². The molecule has 0 aliphatic rings. The lowest BCUT2D eigenvalue weighted by molar-refractivity contribution is 0.426. The Morgan fingerprint density at radius 1 is 0.386 bits per heavy atom. The van der Waals surface area contributed by atoms with Gasteiger partial charge in [0, 0.05) is 16.9 Å². The van der Waals surface area contributed by atoms with Gasteiger partial charge in [0.1, 0.15) is 0 Å². The second-order valence-corrected chi connectivity index (χ2v) is 10.8. The van der Waals surface area contributed by atoms with Crippen LogP contribution in [0.4, 0.5) is 17.1 Å². The summed E-state index contributed by atoms with van der Waals surface area (Å²) < 4.78 is 0. The highest BCUT2D eigenvalue weighted by atomic mass is 16.4. The van der Waals surface area contributed by atoms with Gasteiger partial charge in [0.15, 0.2) is 0 Å². The Labute approximate surface area is 258 Å². The molecular formula is C40H30BNO2. The quantitative estimate of drug-likeness (QED) is 0.189. The van der Waals surface area contributed by atoms with Crippen LogP contribution < -0.4 is 10.4 Å². The maximum Gasteiger partial charge on any atom is 0.489 e. The van der Waals surface area contributed by atoms with Crippen molar-refractivity contribution in [1.82, 2.24) is 0 Å². The van der Waals surface area contributed by atoms with Gasteiger partial charge in [0.2, 0.25) is 0 Å². The highest BCUT2D eigenvalue weighted by molar-refractivity contribution is 6.60. The van der Waals surface area contributed by atoms with Crippen LogP contribution in [0.2, 0.25) is 0 Å². The fourth-order valence-corrected chi connectivity index (χ4v) is 5.91. The summed E-state index contributed by atoms with van der Waals surface area (Å²) in [6.07, 6.45) is 0. The molecule has 210 valence electrons. The highest BCUT2D eigenvalue weighted by Crippen LogP contribution is 2.42. The molecule has 0 unspecified atom stereocenters. The lowest BCUT2D eigenvalue weighted by atomic mass is 9.75. The van der Waals surface area contributed by atoms with Crippen LogP contribution in [0.15, 0.2) is 170 Å². The Morgan fingerprint density at radius 2 is 0.955 bits per heavy atom. The van der Waals surface area contributed by atoms with Gasteiger partial charge in [-0.1, -0.05) is 133 Å². The molecule has 2 N–H and O–H groups in total. The van der Waals surface area contributed by atoms with Crippen molar-refractivity contribution in [2.75, 3.05) is 4.90 Å². The van der Waals surface area contributed by atoms with E-state index >= 15 is 0 Å². The Bertz CT molecular complexity index is 2040. The monoisotopic (exact) mass is 567 g/mol. The normalized spacial score (nSPS) is 11.0. The zero-order valence-electron chi connectivity index (χ0n) is 24.1. The minimum absolute atomic E-state index is 0.461. The average molecular weight is 567 g/mol. The summed E-state index contributed by atoms with van der Waals surface area (Å²) in [4.78, 5) is 2.24. The maximum absolute atomic E-state index is 10.3. The Kier molecular flexibility index (Phi) is 7.52. The van der Waals surface area contributed by atoms with Crippen molar-refractivity contribution in [2.45, 2.75) is 0 Å². The predicted octanol–water partition coefficient (Wildman–Crippen LogP) is 8.99. The number of hydrogen-bond donors (Lipinski definition) is 2. The molecular weight excluding hydrogens is 537 g/mol. The molecule has 0 aliphatic heterocycles. The minimum Gasteiger partial charge on any atom is -0.423 e. The summed E-state index contributed by atoms with van der Waals surface area (Å²) in [7, 11) is -1.59. The first-order valence-electron chi connectivity index (χ1n) is 14.7. The van der Waals surface area contributed by atoms with Gasteiger partial charge in [-0.15, -0.1) is 0 Å². The van der Waals surface area contributed by atoms with E-state index in [9.17, 15) is 10.0 Å². The van der Waals surface area contributed by atoms with Crippen LogP contribution in [0.25, 0.3) is 44.2 Å². The topological polar surface area (TPSA) is 43.7 Å². The molecule has 0 radical (unpaired) electrons. The molecule has 0 fully saturated rings. The third-order valence-electron chi connectivity index (χ3n) is 8.10. The number of anilines is 3. The molecule has 0 saturated heterocycles. The van der Waals surface area contributed by atoms with Crippen LogP contribution in [-0.2, 0) is 0 Å². The van der Waals surface area contributed by atoms with Gasteiger partial charge in [-0.3, -0.25) is 0 Å². The van der Waals surface area contributed by atoms with Crippen molar-refractivity contribution < 1.29 is 10.0 Å². The first-order valence-corrected chi connectivity index (χ1v) is 14.7. The number of para-hydroxylation sites is 1. The number of hydrogen-bond acceptors (Lipinski definition) is 3. The van der Waals surface area contributed by atoms with Gasteiger partial charge in [-0.05, 0) is 80.5 Å². The van der Waals surface area contributed by atoms with Crippen LogP contribution in [0.3, 0.4) is 0 Å². The van der Waals surface area contributed by atoms with Gasteiger partial charge in [0.25, 0.3) is 0 Å². The van der Waals surface area contributed by atoms with E-state index in [0.29, 0.717) is 5.46 Å². The van der Waals surface area contributed by atoms with E-state index in [4.69, 9.17) is 0 Å². The molecule has 0 saturated carbocycles. The van der Waals surface area contributed by atoms with E-state index in [1.807, 2.05) is 54.6 Å². The molecule has 0 aromatic heterocycles. The van der Waals surface area contributed by atoms with Crippen LogP contribution in [-0.4, -0.2) is 17.2 Å². The molecule has 3 nitrogen and oxygen atoms in total. The molecule has 44 heavy (non-hydrogen) atoms. The van der Waals surface area contributed by atoms with Crippen molar-refractivity contribution in [3.63, 3.8) is 0 Å². The fraction of sp³-hybridized carbons (Fsp3) is 0. The van der Waals surface area contributed by atoms with Gasteiger partial charge >= 0.3 is 7.12 Å². The summed E-state index contributed by atoms with van der Waals surface area (Å²) >= 11 is 0. The van der Waals surface area contributed by atoms with Crippen LogP contribution in [0, 0.1) is 0 Å². The molecule has 0 heterocycles. The summed E-state index contributed by atoms with van der Waals surface area (Å²) in [5, 5.41) is 23.0. The third-order valence-corrected chi connectivity index (χ3v) is 8.10. The summed E-state index contributed by atoms with van der Waals surface area (Å²) in [5.74, 6) is 0. The highest BCUT2D eigenvalue weighted by Gasteiger charge is 2.22. The zero-order chi connectivity index (χ0) is 29.9. The Morgan fingerprint density at radius 3 is 1.66 bits per heavy atom. The fourth-order valence-electron chi connectivity index (χ4n) is 5.91. The third kappa shape index (κ3) is 5.40. The molecule has 7 rings (SSSR count). The molecule has 7 aromatic carbocycles. The number of nitrogens with zero attached hydrogens (tertiary/aromatic N) is 1. The van der Waals surface area contributed by atoms with Crippen molar-refractivity contribution in [3.05, 3.63) is 170 Å². The molecule has 0 aliphatic carbocycles. The van der Waals surface area contributed by atoms with Gasteiger partial charge in [0.05, 0.1) is 5.69 Å². The van der Waals surface area contributed by atoms with Crippen LogP contribution in [0.5, 0.6) is 0 Å². The maximum atomic E-state index is 10.3. The molecule has 0 spiro atoms. The van der Waals surface area contributed by atoms with E-state index < -0.39 is 7.12 Å². The molecule has 7 aromatic rings. The molecule has 4 heteroatoms. The SMILES string of the molecule is OB(O)c1ccc(N(c2ccc(-c3ccc4ccccc4c3)cc2)c2ccccc2-c2ccccc2)cc1-c1ccccc1. The Hall–Kier alpha value is -5.42. The smallest absolute Gasteiger partial charge is 0.423 e. The number of fused-ring (bicyclic) bond motifs is 1. The minimum atomic E-state index is -1.59. The van der Waals surface area contributed by atoms with Crippen LogP contribution in [0.1, 0.15) is 0 Å². The van der Waals surface area contributed by atoms with E-state index in [2.05, 4.69) is 120 Å². The zero-order valence-corrected chi connectivity index (χ0v) is 24.1. The van der Waals surface area contributed by atoms with E-state index in [1.54, 1.807) is 0 Å². The van der Waals surface area contributed by atoms with Crippen LogP contribution >= 0.6 is 0 Å². The Balaban J connectivity index is 1.39. The summed E-state index contributed by atoms with van der Waals surface area (Å²) in [5.41, 5.74) is 9.60. The molecule has 0 atom stereocenters. The molecule has 0 bridgehead atoms. The second kappa shape index (κ2) is 12.1. The lowest BCUT2D eigenvalue weighted by Gasteiger charge is -2.29. The molecule has 0 amide bonds. The van der Waals surface area contributed by atoms with Gasteiger partial charge in [-0.2, -0.15) is 0 Å². The standard InChI is InChI=1S/C40H30BNO2/c43-41(44)39-26-25-36(28-38(39)32-14-5-2-6-15-32)42(40-18-10-9-17-37(40)31-12-3-1-4-13-31)35-23-21-30(22-24-35)34-20-19-29-11-7-8-16-33(29)27-34/h1-28,43-44H. The number of rotatable bonds is 7. The van der Waals surface area contributed by atoms with E-state index in [-0.39, 0.29) is 0 Å². The van der Waals surface area contributed by atoms with Crippen molar-refractivity contribution in [2.24, 2.45) is 0 Å². The predicted molar refractivity (Wildman–Crippen MR) is 185 cm³/mol. The van der Waals surface area contributed by atoms with Crippen molar-refractivity contribution in [1.29, 1.82) is 0 Å². The van der Waals surface area contributed by atoms with E-state index in [0.717, 1.165) is 44.9 Å². The number of benzene rings is 7. The summed E-state index contributed by atoms with van der Waals surface area (Å²) in [6, 6.07) is 58.1. The van der Waals surface area contributed by atoms with E-state index in [1.165, 1.54) is 16.3 Å². The largest absolute Gasteiger partial charge is 0.489 e. The summed E-state index contributed by atoms with van der Waals surface area (Å²) in [6.45, 7) is 0. The lowest BCUT2D eigenvalue weighted by Crippen LogP contribution is -2.31.